The predicted molar refractivity (Wildman–Crippen MR) is 76.0 cm³/mol. The largest absolute Gasteiger partial charge is 0.373 e. The van der Waals surface area contributed by atoms with Crippen LogP contribution in [0.25, 0.3) is 0 Å². The standard InChI is InChI=1S/C13H16Cl2N2O2/c1-16-7-12-8-17(2-3-19-12)13(18)9-4-10(14)6-11(15)5-9/h4-6,12,16H,2-3,7-8H2,1H3. The van der Waals surface area contributed by atoms with Crippen LogP contribution in [-0.2, 0) is 4.74 Å². The summed E-state index contributed by atoms with van der Waals surface area (Å²) in [6, 6.07) is 4.89. The molecule has 2 rings (SSSR count). The molecular weight excluding hydrogens is 287 g/mol. The Labute approximate surface area is 122 Å². The highest BCUT2D eigenvalue weighted by molar-refractivity contribution is 6.35. The van der Waals surface area contributed by atoms with Crippen LogP contribution in [0.2, 0.25) is 10.0 Å². The second kappa shape index (κ2) is 6.57. The number of rotatable bonds is 3. The number of morpholine rings is 1. The molecule has 1 aliphatic heterocycles. The van der Waals surface area contributed by atoms with Gasteiger partial charge in [-0.3, -0.25) is 4.79 Å². The highest BCUT2D eigenvalue weighted by Gasteiger charge is 2.24. The molecule has 1 heterocycles. The van der Waals surface area contributed by atoms with Crippen LogP contribution in [0.15, 0.2) is 18.2 Å². The van der Waals surface area contributed by atoms with E-state index in [4.69, 9.17) is 27.9 Å². The van der Waals surface area contributed by atoms with Crippen molar-refractivity contribution in [3.8, 4) is 0 Å². The second-order valence-electron chi connectivity index (χ2n) is 4.46. The molecule has 1 aromatic carbocycles. The molecule has 0 saturated carbocycles. The van der Waals surface area contributed by atoms with Crippen LogP contribution in [0.1, 0.15) is 10.4 Å². The molecule has 1 N–H and O–H groups in total. The monoisotopic (exact) mass is 302 g/mol. The molecule has 104 valence electrons. The Hall–Kier alpha value is -0.810. The molecule has 0 bridgehead atoms. The smallest absolute Gasteiger partial charge is 0.254 e. The summed E-state index contributed by atoms with van der Waals surface area (Å²) < 4.78 is 5.57. The van der Waals surface area contributed by atoms with Crippen molar-refractivity contribution in [2.24, 2.45) is 0 Å². The van der Waals surface area contributed by atoms with Crippen LogP contribution in [0.5, 0.6) is 0 Å². The molecule has 0 aliphatic carbocycles. The van der Waals surface area contributed by atoms with Gasteiger partial charge >= 0.3 is 0 Å². The van der Waals surface area contributed by atoms with Gasteiger partial charge in [0.2, 0.25) is 0 Å². The van der Waals surface area contributed by atoms with Gasteiger partial charge in [0.05, 0.1) is 12.7 Å². The molecule has 0 radical (unpaired) electrons. The number of hydrogen-bond acceptors (Lipinski definition) is 3. The number of nitrogens with one attached hydrogen (secondary N) is 1. The minimum absolute atomic E-state index is 0.0253. The van der Waals surface area contributed by atoms with E-state index in [1.165, 1.54) is 0 Å². The molecule has 1 atom stereocenters. The van der Waals surface area contributed by atoms with Gasteiger partial charge in [-0.1, -0.05) is 23.2 Å². The fraction of sp³-hybridized carbons (Fsp3) is 0.462. The lowest BCUT2D eigenvalue weighted by molar-refractivity contribution is -0.0196. The van der Waals surface area contributed by atoms with Crippen molar-refractivity contribution in [2.45, 2.75) is 6.10 Å². The first-order valence-electron chi connectivity index (χ1n) is 6.11. The predicted octanol–water partition coefficient (Wildman–Crippen LogP) is 2.05. The van der Waals surface area contributed by atoms with Crippen molar-refractivity contribution < 1.29 is 9.53 Å². The molecule has 1 fully saturated rings. The summed E-state index contributed by atoms with van der Waals surface area (Å²) in [6.07, 6.45) is 0.0253. The molecule has 0 aromatic heterocycles. The Kier molecular flexibility index (Phi) is 5.05. The summed E-state index contributed by atoms with van der Waals surface area (Å²) in [4.78, 5) is 14.2. The highest BCUT2D eigenvalue weighted by Crippen LogP contribution is 2.21. The Morgan fingerprint density at radius 3 is 2.74 bits per heavy atom. The van der Waals surface area contributed by atoms with Crippen molar-refractivity contribution in [3.63, 3.8) is 0 Å². The Morgan fingerprint density at radius 1 is 1.42 bits per heavy atom. The van der Waals surface area contributed by atoms with Crippen LogP contribution in [0, 0.1) is 0 Å². The first-order valence-corrected chi connectivity index (χ1v) is 6.87. The molecule has 6 heteroatoms. The third-order valence-electron chi connectivity index (χ3n) is 2.97. The maximum absolute atomic E-state index is 12.4. The van der Waals surface area contributed by atoms with Crippen LogP contribution < -0.4 is 5.32 Å². The third-order valence-corrected chi connectivity index (χ3v) is 3.40. The van der Waals surface area contributed by atoms with E-state index in [0.29, 0.717) is 35.3 Å². The molecule has 0 spiro atoms. The quantitative estimate of drug-likeness (QED) is 0.929. The molecule has 4 nitrogen and oxygen atoms in total. The summed E-state index contributed by atoms with van der Waals surface area (Å²) in [5.74, 6) is -0.0613. The van der Waals surface area contributed by atoms with Gasteiger partial charge in [0.1, 0.15) is 0 Å². The van der Waals surface area contributed by atoms with Gasteiger partial charge in [-0.05, 0) is 25.2 Å². The van der Waals surface area contributed by atoms with Gasteiger partial charge in [-0.2, -0.15) is 0 Å². The van der Waals surface area contributed by atoms with Crippen LogP contribution in [-0.4, -0.2) is 50.2 Å². The Morgan fingerprint density at radius 2 is 2.11 bits per heavy atom. The fourth-order valence-electron chi connectivity index (χ4n) is 2.11. The van der Waals surface area contributed by atoms with Crippen LogP contribution in [0.4, 0.5) is 0 Å². The van der Waals surface area contributed by atoms with Gasteiger partial charge in [0.25, 0.3) is 5.91 Å². The maximum Gasteiger partial charge on any atom is 0.254 e. The van der Waals surface area contributed by atoms with E-state index >= 15 is 0 Å². The average Bonchev–Trinajstić information content (AvgIpc) is 2.37. The first kappa shape index (κ1) is 14.6. The summed E-state index contributed by atoms with van der Waals surface area (Å²) in [7, 11) is 1.86. The van der Waals surface area contributed by atoms with Crippen molar-refractivity contribution >= 4 is 29.1 Å². The lowest BCUT2D eigenvalue weighted by Gasteiger charge is -2.33. The summed E-state index contributed by atoms with van der Waals surface area (Å²) in [5, 5.41) is 3.99. The Bertz CT molecular complexity index is 446. The van der Waals surface area contributed by atoms with Gasteiger partial charge < -0.3 is 15.0 Å². The molecule has 1 amide bonds. The zero-order chi connectivity index (χ0) is 13.8. The van der Waals surface area contributed by atoms with Crippen molar-refractivity contribution in [2.75, 3.05) is 33.3 Å². The maximum atomic E-state index is 12.4. The molecule has 1 aliphatic rings. The van der Waals surface area contributed by atoms with E-state index in [0.717, 1.165) is 6.54 Å². The minimum Gasteiger partial charge on any atom is -0.373 e. The number of halogens is 2. The minimum atomic E-state index is -0.0613. The third kappa shape index (κ3) is 3.83. The normalized spacial score (nSPS) is 19.5. The highest BCUT2D eigenvalue weighted by atomic mass is 35.5. The summed E-state index contributed by atoms with van der Waals surface area (Å²) in [5.41, 5.74) is 0.516. The van der Waals surface area contributed by atoms with Crippen molar-refractivity contribution in [1.82, 2.24) is 10.2 Å². The lowest BCUT2D eigenvalue weighted by Crippen LogP contribution is -2.48. The molecular formula is C13H16Cl2N2O2. The number of hydrogen-bond donors (Lipinski definition) is 1. The van der Waals surface area contributed by atoms with E-state index in [9.17, 15) is 4.79 Å². The van der Waals surface area contributed by atoms with E-state index in [1.807, 2.05) is 7.05 Å². The molecule has 1 saturated heterocycles. The fourth-order valence-corrected chi connectivity index (χ4v) is 2.64. The van der Waals surface area contributed by atoms with Gasteiger partial charge in [0.15, 0.2) is 0 Å². The lowest BCUT2D eigenvalue weighted by atomic mass is 10.1. The molecule has 1 unspecified atom stereocenters. The topological polar surface area (TPSA) is 41.6 Å². The number of likely N-dealkylation sites (N-methyl/N-ethyl adjacent to an activating group) is 1. The van der Waals surface area contributed by atoms with E-state index in [2.05, 4.69) is 5.32 Å². The molecule has 1 aromatic rings. The first-order chi connectivity index (χ1) is 9.10. The summed E-state index contributed by atoms with van der Waals surface area (Å²) in [6.45, 7) is 2.43. The Balaban J connectivity index is 2.10. The number of benzene rings is 1. The number of carbonyl (C=O) groups is 1. The van der Waals surface area contributed by atoms with Crippen molar-refractivity contribution in [3.05, 3.63) is 33.8 Å². The van der Waals surface area contributed by atoms with E-state index in [-0.39, 0.29) is 12.0 Å². The zero-order valence-electron chi connectivity index (χ0n) is 10.7. The number of amides is 1. The number of ether oxygens (including phenoxy) is 1. The van der Waals surface area contributed by atoms with E-state index < -0.39 is 0 Å². The summed E-state index contributed by atoms with van der Waals surface area (Å²) >= 11 is 11.8. The van der Waals surface area contributed by atoms with E-state index in [1.54, 1.807) is 23.1 Å². The SMILES string of the molecule is CNCC1CN(C(=O)c2cc(Cl)cc(Cl)c2)CCO1. The molecule has 19 heavy (non-hydrogen) atoms. The number of carbonyl (C=O) groups excluding carboxylic acids is 1. The zero-order valence-corrected chi connectivity index (χ0v) is 12.2. The van der Waals surface area contributed by atoms with Crippen LogP contribution in [0.3, 0.4) is 0 Å². The van der Waals surface area contributed by atoms with Gasteiger partial charge in [-0.15, -0.1) is 0 Å². The number of nitrogens with zero attached hydrogens (tertiary/aromatic N) is 1. The average molecular weight is 303 g/mol. The second-order valence-corrected chi connectivity index (χ2v) is 5.33. The van der Waals surface area contributed by atoms with Gasteiger partial charge in [-0.25, -0.2) is 0 Å². The van der Waals surface area contributed by atoms with Crippen LogP contribution >= 0.6 is 23.2 Å². The van der Waals surface area contributed by atoms with Gasteiger partial charge in [0, 0.05) is 35.2 Å². The van der Waals surface area contributed by atoms with Crippen molar-refractivity contribution in [1.29, 1.82) is 0 Å².